The number of hydrogen-bond acceptors (Lipinski definition) is 4. The van der Waals surface area contributed by atoms with Gasteiger partial charge in [0.2, 0.25) is 0 Å². The van der Waals surface area contributed by atoms with Gasteiger partial charge in [0.25, 0.3) is 11.8 Å². The topological polar surface area (TPSA) is 74.9 Å². The number of carbonyl (C=O) groups excluding carboxylic acids is 2. The first-order valence-corrected chi connectivity index (χ1v) is 10.4. The third-order valence-corrected chi connectivity index (χ3v) is 5.65. The zero-order valence-corrected chi connectivity index (χ0v) is 17.9. The third kappa shape index (κ3) is 4.01. The fraction of sp³-hybridized carbons (Fsp3) is 0.240. The molecule has 0 bridgehead atoms. The maximum absolute atomic E-state index is 13.1. The lowest BCUT2D eigenvalue weighted by molar-refractivity contribution is 0.0950. The number of benzene rings is 2. The highest BCUT2D eigenvalue weighted by Gasteiger charge is 2.29. The van der Waals surface area contributed by atoms with Gasteiger partial charge in [-0.15, -0.1) is 0 Å². The van der Waals surface area contributed by atoms with Crippen LogP contribution in [0.5, 0.6) is 0 Å². The van der Waals surface area contributed by atoms with Crippen LogP contribution < -0.4 is 10.3 Å². The van der Waals surface area contributed by atoms with Crippen molar-refractivity contribution in [2.24, 2.45) is 5.10 Å². The standard InChI is InChI=1S/C25H25N3O3/c1-16-10-7-8-13-19(16)24(29)27-26-20-14-9-15-21-22(20)17(2)23(31-21)25(30)28(3)18-11-5-4-6-12-18/h4-8,10-13H,9,14-15H2,1-3H3,(H,27,29)/b26-20+. The maximum atomic E-state index is 13.1. The van der Waals surface area contributed by atoms with Gasteiger partial charge in [0.1, 0.15) is 5.76 Å². The van der Waals surface area contributed by atoms with Crippen LogP contribution in [-0.4, -0.2) is 24.6 Å². The number of para-hydroxylation sites is 1. The number of anilines is 1. The van der Waals surface area contributed by atoms with Gasteiger partial charge < -0.3 is 9.32 Å². The first-order chi connectivity index (χ1) is 15.0. The zero-order chi connectivity index (χ0) is 22.0. The molecule has 0 spiro atoms. The van der Waals surface area contributed by atoms with E-state index in [4.69, 9.17) is 4.42 Å². The average Bonchev–Trinajstić information content (AvgIpc) is 3.14. The van der Waals surface area contributed by atoms with Gasteiger partial charge in [0, 0.05) is 35.8 Å². The van der Waals surface area contributed by atoms with Gasteiger partial charge in [-0.3, -0.25) is 9.59 Å². The molecule has 0 radical (unpaired) electrons. The first kappa shape index (κ1) is 20.6. The number of aryl methyl sites for hydroxylation is 2. The van der Waals surface area contributed by atoms with E-state index in [1.165, 1.54) is 0 Å². The van der Waals surface area contributed by atoms with Crippen LogP contribution in [0.25, 0.3) is 0 Å². The molecule has 31 heavy (non-hydrogen) atoms. The summed E-state index contributed by atoms with van der Waals surface area (Å²) in [5.41, 5.74) is 7.28. The Morgan fingerprint density at radius 3 is 2.45 bits per heavy atom. The molecule has 0 saturated carbocycles. The van der Waals surface area contributed by atoms with Gasteiger partial charge in [-0.25, -0.2) is 5.43 Å². The van der Waals surface area contributed by atoms with Crippen molar-refractivity contribution in [2.45, 2.75) is 33.1 Å². The van der Waals surface area contributed by atoms with E-state index in [1.807, 2.05) is 62.4 Å². The van der Waals surface area contributed by atoms with Crippen molar-refractivity contribution in [2.75, 3.05) is 11.9 Å². The molecule has 1 heterocycles. The zero-order valence-electron chi connectivity index (χ0n) is 17.9. The lowest BCUT2D eigenvalue weighted by Crippen LogP contribution is -2.26. The monoisotopic (exact) mass is 415 g/mol. The van der Waals surface area contributed by atoms with Crippen LogP contribution in [0.1, 0.15) is 56.2 Å². The Bertz CT molecular complexity index is 1160. The van der Waals surface area contributed by atoms with Crippen molar-refractivity contribution in [1.29, 1.82) is 0 Å². The Morgan fingerprint density at radius 2 is 1.71 bits per heavy atom. The quantitative estimate of drug-likeness (QED) is 0.631. The van der Waals surface area contributed by atoms with E-state index in [-0.39, 0.29) is 11.8 Å². The lowest BCUT2D eigenvalue weighted by Gasteiger charge is -2.16. The number of fused-ring (bicyclic) bond motifs is 1. The Kier molecular flexibility index (Phi) is 5.71. The molecule has 1 aromatic heterocycles. The minimum absolute atomic E-state index is 0.207. The van der Waals surface area contributed by atoms with Crippen molar-refractivity contribution in [1.82, 2.24) is 5.43 Å². The summed E-state index contributed by atoms with van der Waals surface area (Å²) in [6.07, 6.45) is 2.30. The molecule has 2 amide bonds. The van der Waals surface area contributed by atoms with Crippen LogP contribution in [0.15, 0.2) is 64.1 Å². The molecule has 3 aromatic rings. The van der Waals surface area contributed by atoms with Crippen molar-refractivity contribution in [3.05, 3.63) is 88.4 Å². The van der Waals surface area contributed by atoms with Gasteiger partial charge in [-0.1, -0.05) is 36.4 Å². The van der Waals surface area contributed by atoms with E-state index in [9.17, 15) is 9.59 Å². The van der Waals surface area contributed by atoms with E-state index in [0.717, 1.165) is 46.7 Å². The molecule has 4 rings (SSSR count). The van der Waals surface area contributed by atoms with Crippen LogP contribution in [0.2, 0.25) is 0 Å². The predicted molar refractivity (Wildman–Crippen MR) is 121 cm³/mol. The highest BCUT2D eigenvalue weighted by atomic mass is 16.4. The molecule has 0 saturated heterocycles. The fourth-order valence-corrected chi connectivity index (χ4v) is 3.91. The molecule has 0 unspecified atom stereocenters. The number of carbonyl (C=O) groups is 2. The van der Waals surface area contributed by atoms with Crippen LogP contribution in [0, 0.1) is 13.8 Å². The lowest BCUT2D eigenvalue weighted by atomic mass is 9.93. The number of furan rings is 1. The molecule has 6 nitrogen and oxygen atoms in total. The molecule has 2 aromatic carbocycles. The second-order valence-corrected chi connectivity index (χ2v) is 7.72. The number of nitrogens with zero attached hydrogens (tertiary/aromatic N) is 2. The number of hydrogen-bond donors (Lipinski definition) is 1. The van der Waals surface area contributed by atoms with Gasteiger partial charge >= 0.3 is 0 Å². The number of hydrazone groups is 1. The third-order valence-electron chi connectivity index (χ3n) is 5.65. The SMILES string of the molecule is Cc1ccccc1C(=O)N/N=C1\CCCc2oc(C(=O)N(C)c3ccccc3)c(C)c21. The van der Waals surface area contributed by atoms with E-state index in [0.29, 0.717) is 17.7 Å². The summed E-state index contributed by atoms with van der Waals surface area (Å²) in [5, 5.41) is 4.41. The van der Waals surface area contributed by atoms with Gasteiger partial charge in [-0.2, -0.15) is 5.10 Å². The van der Waals surface area contributed by atoms with Crippen molar-refractivity contribution in [3.63, 3.8) is 0 Å². The Hall–Kier alpha value is -3.67. The van der Waals surface area contributed by atoms with E-state index in [1.54, 1.807) is 18.0 Å². The van der Waals surface area contributed by atoms with Crippen LogP contribution >= 0.6 is 0 Å². The van der Waals surface area contributed by atoms with Gasteiger partial charge in [0.15, 0.2) is 5.76 Å². The highest BCUT2D eigenvalue weighted by Crippen LogP contribution is 2.31. The molecular weight excluding hydrogens is 390 g/mol. The normalized spacial score (nSPS) is 14.2. The fourth-order valence-electron chi connectivity index (χ4n) is 3.91. The summed E-state index contributed by atoms with van der Waals surface area (Å²) in [5.74, 6) is 0.606. The van der Waals surface area contributed by atoms with Crippen molar-refractivity contribution >= 4 is 23.2 Å². The predicted octanol–water partition coefficient (Wildman–Crippen LogP) is 4.64. The second kappa shape index (κ2) is 8.60. The number of amides is 2. The Morgan fingerprint density at radius 1 is 1.00 bits per heavy atom. The molecule has 1 N–H and O–H groups in total. The largest absolute Gasteiger partial charge is 0.455 e. The minimum Gasteiger partial charge on any atom is -0.455 e. The molecule has 6 heteroatoms. The van der Waals surface area contributed by atoms with E-state index >= 15 is 0 Å². The first-order valence-electron chi connectivity index (χ1n) is 10.4. The molecule has 1 aliphatic rings. The second-order valence-electron chi connectivity index (χ2n) is 7.72. The molecule has 0 aliphatic heterocycles. The Balaban J connectivity index is 1.61. The van der Waals surface area contributed by atoms with E-state index < -0.39 is 0 Å². The molecular formula is C25H25N3O3. The maximum Gasteiger partial charge on any atom is 0.294 e. The summed E-state index contributed by atoms with van der Waals surface area (Å²) in [6, 6.07) is 16.8. The summed E-state index contributed by atoms with van der Waals surface area (Å²) in [4.78, 5) is 27.2. The van der Waals surface area contributed by atoms with Crippen LogP contribution in [0.4, 0.5) is 5.69 Å². The smallest absolute Gasteiger partial charge is 0.294 e. The van der Waals surface area contributed by atoms with Crippen molar-refractivity contribution < 1.29 is 14.0 Å². The molecule has 1 aliphatic carbocycles. The highest BCUT2D eigenvalue weighted by molar-refractivity contribution is 6.10. The molecule has 158 valence electrons. The van der Waals surface area contributed by atoms with Gasteiger partial charge in [-0.05, 0) is 50.5 Å². The summed E-state index contributed by atoms with van der Waals surface area (Å²) < 4.78 is 6.00. The summed E-state index contributed by atoms with van der Waals surface area (Å²) in [7, 11) is 1.73. The minimum atomic E-state index is -0.251. The van der Waals surface area contributed by atoms with E-state index in [2.05, 4.69) is 10.5 Å². The Labute approximate surface area is 181 Å². The average molecular weight is 415 g/mol. The summed E-state index contributed by atoms with van der Waals surface area (Å²) >= 11 is 0. The number of rotatable bonds is 4. The number of nitrogens with one attached hydrogen (secondary N) is 1. The van der Waals surface area contributed by atoms with Crippen LogP contribution in [-0.2, 0) is 6.42 Å². The van der Waals surface area contributed by atoms with Crippen LogP contribution in [0.3, 0.4) is 0 Å². The van der Waals surface area contributed by atoms with Crippen molar-refractivity contribution in [3.8, 4) is 0 Å². The summed E-state index contributed by atoms with van der Waals surface area (Å²) in [6.45, 7) is 3.76. The molecule has 0 atom stereocenters. The molecule has 0 fully saturated rings. The van der Waals surface area contributed by atoms with Gasteiger partial charge in [0.05, 0.1) is 5.71 Å².